The minimum atomic E-state index is -4.18. The molecule has 1 N–H and O–H groups in total. The number of methoxy groups -OCH3 is 1. The Bertz CT molecular complexity index is 549. The molecule has 0 aromatic heterocycles. The van der Waals surface area contributed by atoms with E-state index in [1.54, 1.807) is 13.0 Å². The SMILES string of the molecule is COc1ccc(C)cc1S(=O)(=O)OC(C)C(=O)O. The molecule has 0 saturated heterocycles. The van der Waals surface area contributed by atoms with Crippen molar-refractivity contribution in [1.82, 2.24) is 0 Å². The number of hydrogen-bond acceptors (Lipinski definition) is 5. The van der Waals surface area contributed by atoms with Crippen LogP contribution in [0.1, 0.15) is 12.5 Å². The zero-order valence-electron chi connectivity index (χ0n) is 10.2. The second-order valence-corrected chi connectivity index (χ2v) is 5.23. The molecule has 0 aliphatic carbocycles. The fourth-order valence-corrected chi connectivity index (χ4v) is 2.56. The summed E-state index contributed by atoms with van der Waals surface area (Å²) in [6.45, 7) is 2.85. The minimum Gasteiger partial charge on any atom is -0.495 e. The van der Waals surface area contributed by atoms with Gasteiger partial charge in [0.1, 0.15) is 10.6 Å². The van der Waals surface area contributed by atoms with E-state index in [1.807, 2.05) is 0 Å². The minimum absolute atomic E-state index is 0.109. The van der Waals surface area contributed by atoms with Crippen LogP contribution in [-0.2, 0) is 19.1 Å². The molecule has 1 aromatic carbocycles. The molecule has 1 unspecified atom stereocenters. The molecule has 1 rings (SSSR count). The van der Waals surface area contributed by atoms with E-state index in [0.29, 0.717) is 5.56 Å². The summed E-state index contributed by atoms with van der Waals surface area (Å²) in [5.74, 6) is -1.25. The van der Waals surface area contributed by atoms with Crippen LogP contribution in [0.25, 0.3) is 0 Å². The first-order valence-corrected chi connectivity index (χ1v) is 6.49. The molecule has 100 valence electrons. The molecule has 18 heavy (non-hydrogen) atoms. The van der Waals surface area contributed by atoms with Crippen molar-refractivity contribution in [3.05, 3.63) is 23.8 Å². The lowest BCUT2D eigenvalue weighted by molar-refractivity contribution is -0.144. The summed E-state index contributed by atoms with van der Waals surface area (Å²) in [6.07, 6.45) is -1.46. The third-order valence-corrected chi connectivity index (χ3v) is 3.61. The molecule has 0 spiro atoms. The van der Waals surface area contributed by atoms with E-state index >= 15 is 0 Å². The molecule has 0 radical (unpaired) electrons. The summed E-state index contributed by atoms with van der Waals surface area (Å²) in [4.78, 5) is 10.4. The Morgan fingerprint density at radius 2 is 2.00 bits per heavy atom. The quantitative estimate of drug-likeness (QED) is 0.811. The number of carboxylic acid groups (broad SMARTS) is 1. The number of hydrogen-bond donors (Lipinski definition) is 1. The first kappa shape index (κ1) is 14.5. The van der Waals surface area contributed by atoms with Gasteiger partial charge in [0.25, 0.3) is 0 Å². The smallest absolute Gasteiger partial charge is 0.334 e. The summed E-state index contributed by atoms with van der Waals surface area (Å²) < 4.78 is 33.3. The number of ether oxygens (including phenoxy) is 1. The maximum Gasteiger partial charge on any atom is 0.334 e. The van der Waals surface area contributed by atoms with E-state index in [0.717, 1.165) is 6.92 Å². The number of carboxylic acids is 1. The number of aryl methyl sites for hydroxylation is 1. The van der Waals surface area contributed by atoms with Gasteiger partial charge in [0.05, 0.1) is 7.11 Å². The van der Waals surface area contributed by atoms with Crippen LogP contribution in [0.2, 0.25) is 0 Å². The fourth-order valence-electron chi connectivity index (χ4n) is 1.26. The summed E-state index contributed by atoms with van der Waals surface area (Å²) in [5, 5.41) is 8.65. The maximum absolute atomic E-state index is 11.9. The molecule has 7 heteroatoms. The number of aliphatic carboxylic acids is 1. The predicted molar refractivity (Wildman–Crippen MR) is 63.1 cm³/mol. The van der Waals surface area contributed by atoms with Crippen LogP contribution in [-0.4, -0.2) is 32.7 Å². The fraction of sp³-hybridized carbons (Fsp3) is 0.364. The van der Waals surface area contributed by atoms with E-state index in [4.69, 9.17) is 9.84 Å². The highest BCUT2D eigenvalue weighted by molar-refractivity contribution is 7.87. The lowest BCUT2D eigenvalue weighted by atomic mass is 10.2. The Balaban J connectivity index is 3.19. The highest BCUT2D eigenvalue weighted by Crippen LogP contribution is 2.26. The van der Waals surface area contributed by atoms with Gasteiger partial charge in [-0.25, -0.2) is 4.79 Å². The molecule has 0 bridgehead atoms. The van der Waals surface area contributed by atoms with Crippen LogP contribution in [0.5, 0.6) is 5.75 Å². The average molecular weight is 274 g/mol. The second-order valence-electron chi connectivity index (χ2n) is 3.69. The van der Waals surface area contributed by atoms with Gasteiger partial charge >= 0.3 is 16.1 Å². The molecule has 0 heterocycles. The molecule has 1 atom stereocenters. The normalized spacial score (nSPS) is 13.1. The first-order valence-electron chi connectivity index (χ1n) is 5.08. The van der Waals surface area contributed by atoms with Gasteiger partial charge in [-0.05, 0) is 31.5 Å². The van der Waals surface area contributed by atoms with Gasteiger partial charge in [0.2, 0.25) is 0 Å². The van der Waals surface area contributed by atoms with Crippen molar-refractivity contribution < 1.29 is 27.2 Å². The van der Waals surface area contributed by atoms with Crippen molar-refractivity contribution in [1.29, 1.82) is 0 Å². The molecule has 0 amide bonds. The van der Waals surface area contributed by atoms with Crippen LogP contribution in [0.3, 0.4) is 0 Å². The van der Waals surface area contributed by atoms with E-state index in [2.05, 4.69) is 4.18 Å². The molecular weight excluding hydrogens is 260 g/mol. The zero-order chi connectivity index (χ0) is 13.9. The number of carbonyl (C=O) groups is 1. The Morgan fingerprint density at radius 3 is 2.50 bits per heavy atom. The predicted octanol–water partition coefficient (Wildman–Crippen LogP) is 1.18. The summed E-state index contributed by atoms with van der Waals surface area (Å²) >= 11 is 0. The van der Waals surface area contributed by atoms with Crippen LogP contribution in [0, 0.1) is 6.92 Å². The van der Waals surface area contributed by atoms with Crippen LogP contribution in [0.15, 0.2) is 23.1 Å². The van der Waals surface area contributed by atoms with Crippen LogP contribution >= 0.6 is 0 Å². The van der Waals surface area contributed by atoms with Crippen molar-refractivity contribution in [3.8, 4) is 5.75 Å². The number of rotatable bonds is 5. The van der Waals surface area contributed by atoms with Crippen molar-refractivity contribution in [2.24, 2.45) is 0 Å². The van der Waals surface area contributed by atoms with Gasteiger partial charge < -0.3 is 9.84 Å². The zero-order valence-corrected chi connectivity index (χ0v) is 11.0. The average Bonchev–Trinajstić information content (AvgIpc) is 2.28. The van der Waals surface area contributed by atoms with Gasteiger partial charge in [-0.3, -0.25) is 4.18 Å². The van der Waals surface area contributed by atoms with Crippen molar-refractivity contribution >= 4 is 16.1 Å². The van der Waals surface area contributed by atoms with Gasteiger partial charge in [-0.1, -0.05) is 6.07 Å². The standard InChI is InChI=1S/C11H14O6S/c1-7-4-5-9(16-3)10(6-7)18(14,15)17-8(2)11(12)13/h4-6,8H,1-3H3,(H,12,13). The van der Waals surface area contributed by atoms with Crippen LogP contribution < -0.4 is 4.74 Å². The molecule has 0 fully saturated rings. The Hall–Kier alpha value is -1.60. The lowest BCUT2D eigenvalue weighted by Crippen LogP contribution is -2.24. The van der Waals surface area contributed by atoms with Crippen molar-refractivity contribution in [2.75, 3.05) is 7.11 Å². The Morgan fingerprint density at radius 1 is 1.39 bits per heavy atom. The number of benzene rings is 1. The van der Waals surface area contributed by atoms with E-state index in [-0.39, 0.29) is 10.6 Å². The molecule has 0 aliphatic heterocycles. The molecular formula is C11H14O6S. The summed E-state index contributed by atoms with van der Waals surface area (Å²) in [5.41, 5.74) is 0.695. The monoisotopic (exact) mass is 274 g/mol. The molecule has 0 saturated carbocycles. The van der Waals surface area contributed by atoms with Crippen LogP contribution in [0.4, 0.5) is 0 Å². The van der Waals surface area contributed by atoms with E-state index in [1.165, 1.54) is 19.2 Å². The first-order chi connectivity index (χ1) is 8.27. The lowest BCUT2D eigenvalue weighted by Gasteiger charge is -2.12. The third-order valence-electron chi connectivity index (χ3n) is 2.21. The third kappa shape index (κ3) is 3.21. The van der Waals surface area contributed by atoms with Gasteiger partial charge in [0, 0.05) is 0 Å². The van der Waals surface area contributed by atoms with E-state index < -0.39 is 22.2 Å². The summed E-state index contributed by atoms with van der Waals surface area (Å²) in [7, 11) is -2.85. The Kier molecular flexibility index (Phi) is 4.31. The van der Waals surface area contributed by atoms with Crippen molar-refractivity contribution in [3.63, 3.8) is 0 Å². The van der Waals surface area contributed by atoms with Gasteiger partial charge in [-0.15, -0.1) is 0 Å². The maximum atomic E-state index is 11.9. The molecule has 0 aliphatic rings. The molecule has 6 nitrogen and oxygen atoms in total. The van der Waals surface area contributed by atoms with Gasteiger partial charge in [0.15, 0.2) is 6.10 Å². The largest absolute Gasteiger partial charge is 0.495 e. The van der Waals surface area contributed by atoms with Crippen molar-refractivity contribution in [2.45, 2.75) is 24.8 Å². The topological polar surface area (TPSA) is 89.9 Å². The van der Waals surface area contributed by atoms with Gasteiger partial charge in [-0.2, -0.15) is 8.42 Å². The van der Waals surface area contributed by atoms with E-state index in [9.17, 15) is 13.2 Å². The highest BCUT2D eigenvalue weighted by atomic mass is 32.2. The second kappa shape index (κ2) is 5.36. The highest BCUT2D eigenvalue weighted by Gasteiger charge is 2.26. The summed E-state index contributed by atoms with van der Waals surface area (Å²) in [6, 6.07) is 4.53. The molecule has 1 aromatic rings. The Labute approximate surface area is 105 Å².